The maximum absolute atomic E-state index is 12.9. The van der Waals surface area contributed by atoms with Gasteiger partial charge in [0.2, 0.25) is 17.7 Å². The molecule has 0 spiro atoms. The average Bonchev–Trinajstić information content (AvgIpc) is 3.13. The molecule has 8 N–H and O–H groups in total. The van der Waals surface area contributed by atoms with E-state index in [9.17, 15) is 45.6 Å². The molecule has 0 radical (unpaired) electrons. The molecule has 2 unspecified atom stereocenters. The van der Waals surface area contributed by atoms with E-state index in [0.717, 1.165) is 32.1 Å². The zero-order chi connectivity index (χ0) is 26.9. The Labute approximate surface area is 209 Å². The van der Waals surface area contributed by atoms with Crippen LogP contribution in [-0.2, 0) is 23.7 Å². The van der Waals surface area contributed by atoms with Gasteiger partial charge >= 0.3 is 5.97 Å². The number of unbranched alkanes of at least 4 members (excludes halogenated alkanes) is 5. The van der Waals surface area contributed by atoms with Crippen molar-refractivity contribution in [3.05, 3.63) is 11.5 Å². The maximum Gasteiger partial charge on any atom is 0.378 e. The molecule has 0 aromatic rings. The third kappa shape index (κ3) is 7.05. The summed E-state index contributed by atoms with van der Waals surface area (Å²) >= 11 is 0. The van der Waals surface area contributed by atoms with Crippen LogP contribution in [0.1, 0.15) is 51.9 Å². The lowest BCUT2D eigenvalue weighted by Gasteiger charge is -2.39. The molecule has 210 valence electrons. The van der Waals surface area contributed by atoms with E-state index in [1.54, 1.807) is 0 Å². The topological polar surface area (TPSA) is 216 Å². The third-order valence-electron chi connectivity index (χ3n) is 6.34. The Morgan fingerprint density at radius 1 is 0.944 bits per heavy atom. The van der Waals surface area contributed by atoms with Crippen molar-refractivity contribution in [2.45, 2.75) is 100 Å². The van der Waals surface area contributed by atoms with E-state index in [1.165, 1.54) is 0 Å². The fraction of sp³-hybridized carbons (Fsp3) is 0.870. The molecule has 0 aromatic heterocycles. The number of carbonyl (C=O) groups excluding carboxylic acids is 1. The summed E-state index contributed by atoms with van der Waals surface area (Å²) in [4.78, 5) is 12.9. The van der Waals surface area contributed by atoms with Crippen LogP contribution in [0.25, 0.3) is 0 Å². The van der Waals surface area contributed by atoms with Crippen LogP contribution in [0.3, 0.4) is 0 Å². The minimum absolute atomic E-state index is 0.0504. The smallest absolute Gasteiger partial charge is 0.378 e. The van der Waals surface area contributed by atoms with Gasteiger partial charge in [-0.05, 0) is 6.42 Å². The van der Waals surface area contributed by atoms with Crippen molar-refractivity contribution in [2.24, 2.45) is 0 Å². The number of hydrogen-bond donors (Lipinski definition) is 8. The lowest BCUT2D eigenvalue weighted by molar-refractivity contribution is -0.291. The number of carbonyl (C=O) groups is 1. The number of esters is 1. The highest BCUT2D eigenvalue weighted by Crippen LogP contribution is 2.42. The van der Waals surface area contributed by atoms with Gasteiger partial charge in [-0.2, -0.15) is 0 Å². The Balaban J connectivity index is 2.35. The standard InChI is InChI=1S/C23H40O13/c1-2-3-4-5-6-7-8-33-20-19(35-22-18(31)17(30)16(29)14(11-25)34-22)21(32)36-23(20,15(28)12-26)9-13(27)10-24/h13-18,22,24-31H,2-12H2,1H3/t13?,14-,15+,16-,17+,18-,22?,23-/m1/s1. The van der Waals surface area contributed by atoms with Crippen LogP contribution in [0.2, 0.25) is 0 Å². The highest BCUT2D eigenvalue weighted by molar-refractivity contribution is 5.90. The fourth-order valence-corrected chi connectivity index (χ4v) is 4.22. The number of aliphatic hydroxyl groups is 8. The Bertz CT molecular complexity index is 714. The van der Waals surface area contributed by atoms with Gasteiger partial charge in [-0.1, -0.05) is 39.0 Å². The van der Waals surface area contributed by atoms with Crippen molar-refractivity contribution in [2.75, 3.05) is 26.4 Å². The van der Waals surface area contributed by atoms with E-state index in [-0.39, 0.29) is 12.4 Å². The lowest BCUT2D eigenvalue weighted by atomic mass is 9.88. The van der Waals surface area contributed by atoms with E-state index in [2.05, 4.69) is 6.92 Å². The van der Waals surface area contributed by atoms with Gasteiger partial charge in [-0.15, -0.1) is 0 Å². The van der Waals surface area contributed by atoms with Crippen LogP contribution in [-0.4, -0.2) is 122 Å². The van der Waals surface area contributed by atoms with Crippen LogP contribution >= 0.6 is 0 Å². The first-order valence-corrected chi connectivity index (χ1v) is 12.3. The minimum Gasteiger partial charge on any atom is -0.490 e. The second kappa shape index (κ2) is 14.4. The number of hydrogen-bond acceptors (Lipinski definition) is 13. The second-order valence-corrected chi connectivity index (χ2v) is 9.11. The predicted molar refractivity (Wildman–Crippen MR) is 121 cm³/mol. The summed E-state index contributed by atoms with van der Waals surface area (Å²) in [7, 11) is 0. The van der Waals surface area contributed by atoms with Gasteiger partial charge in [-0.3, -0.25) is 0 Å². The number of rotatable bonds is 16. The average molecular weight is 525 g/mol. The molecule has 2 rings (SSSR count). The van der Waals surface area contributed by atoms with Crippen molar-refractivity contribution in [1.82, 2.24) is 0 Å². The monoisotopic (exact) mass is 524 g/mol. The number of cyclic esters (lactones) is 1. The molecule has 0 saturated carbocycles. The van der Waals surface area contributed by atoms with Crippen LogP contribution in [0.15, 0.2) is 11.5 Å². The van der Waals surface area contributed by atoms with Crippen LogP contribution in [0.5, 0.6) is 0 Å². The molecule has 2 aliphatic heterocycles. The van der Waals surface area contributed by atoms with Gasteiger partial charge in [0.1, 0.15) is 30.5 Å². The van der Waals surface area contributed by atoms with Crippen LogP contribution in [0.4, 0.5) is 0 Å². The van der Waals surface area contributed by atoms with Gasteiger partial charge in [0.15, 0.2) is 5.76 Å². The molecule has 1 saturated heterocycles. The second-order valence-electron chi connectivity index (χ2n) is 9.11. The summed E-state index contributed by atoms with van der Waals surface area (Å²) < 4.78 is 21.9. The number of ether oxygens (including phenoxy) is 4. The number of aliphatic hydroxyl groups excluding tert-OH is 8. The first kappa shape index (κ1) is 30.7. The van der Waals surface area contributed by atoms with E-state index in [0.29, 0.717) is 6.42 Å². The van der Waals surface area contributed by atoms with Crippen molar-refractivity contribution in [3.63, 3.8) is 0 Å². The molecule has 0 amide bonds. The summed E-state index contributed by atoms with van der Waals surface area (Å²) in [5.74, 6) is -2.21. The van der Waals surface area contributed by atoms with Crippen LogP contribution < -0.4 is 0 Å². The first-order chi connectivity index (χ1) is 17.2. The fourth-order valence-electron chi connectivity index (χ4n) is 4.22. The largest absolute Gasteiger partial charge is 0.490 e. The molecule has 8 atom stereocenters. The molecule has 13 heteroatoms. The van der Waals surface area contributed by atoms with Crippen molar-refractivity contribution in [1.29, 1.82) is 0 Å². The van der Waals surface area contributed by atoms with E-state index < -0.39 is 86.5 Å². The van der Waals surface area contributed by atoms with Gasteiger partial charge < -0.3 is 59.8 Å². The van der Waals surface area contributed by atoms with E-state index in [1.807, 2.05) is 0 Å². The van der Waals surface area contributed by atoms with Crippen LogP contribution in [0, 0.1) is 0 Å². The molecule has 36 heavy (non-hydrogen) atoms. The molecule has 0 aliphatic carbocycles. The zero-order valence-corrected chi connectivity index (χ0v) is 20.4. The minimum atomic E-state index is -2.13. The Morgan fingerprint density at radius 3 is 2.22 bits per heavy atom. The van der Waals surface area contributed by atoms with Gasteiger partial charge in [0.05, 0.1) is 32.5 Å². The summed E-state index contributed by atoms with van der Waals surface area (Å²) in [5.41, 5.74) is -2.13. The summed E-state index contributed by atoms with van der Waals surface area (Å²) in [6.45, 7) is -0.232. The normalized spacial score (nSPS) is 32.4. The Morgan fingerprint density at radius 2 is 1.61 bits per heavy atom. The molecule has 0 bridgehead atoms. The SMILES string of the molecule is CCCCCCCCOC1=C(OC2O[C@H](CO)[C@@H](O)[C@H](O)[C@H]2O)C(=O)O[C@]1(CC(O)CO)[C@@H](O)CO. The van der Waals surface area contributed by atoms with Gasteiger partial charge in [0.25, 0.3) is 0 Å². The maximum atomic E-state index is 12.9. The summed E-state index contributed by atoms with van der Waals surface area (Å²) in [6, 6.07) is 0. The van der Waals surface area contributed by atoms with Crippen molar-refractivity contribution >= 4 is 5.97 Å². The van der Waals surface area contributed by atoms with E-state index >= 15 is 0 Å². The van der Waals surface area contributed by atoms with Crippen molar-refractivity contribution in [3.8, 4) is 0 Å². The summed E-state index contributed by atoms with van der Waals surface area (Å²) in [5, 5.41) is 79.5. The lowest BCUT2D eigenvalue weighted by Crippen LogP contribution is -2.59. The molecule has 1 fully saturated rings. The highest BCUT2D eigenvalue weighted by Gasteiger charge is 2.58. The van der Waals surface area contributed by atoms with Gasteiger partial charge in [0, 0.05) is 6.42 Å². The third-order valence-corrected chi connectivity index (χ3v) is 6.34. The quantitative estimate of drug-likeness (QED) is 0.0794. The van der Waals surface area contributed by atoms with E-state index in [4.69, 9.17) is 18.9 Å². The van der Waals surface area contributed by atoms with Gasteiger partial charge in [-0.25, -0.2) is 4.79 Å². The first-order valence-electron chi connectivity index (χ1n) is 12.3. The Hall–Kier alpha value is -1.55. The summed E-state index contributed by atoms with van der Waals surface area (Å²) in [6.07, 6.45) is -6.62. The molecule has 2 heterocycles. The Kier molecular flexibility index (Phi) is 12.3. The molecular weight excluding hydrogens is 484 g/mol. The molecule has 13 nitrogen and oxygen atoms in total. The van der Waals surface area contributed by atoms with Crippen molar-refractivity contribution < 1.29 is 64.6 Å². The molecule has 2 aliphatic rings. The molecule has 0 aromatic carbocycles. The molecular formula is C23H40O13. The predicted octanol–water partition coefficient (Wildman–Crippen LogP) is -2.22. The zero-order valence-electron chi connectivity index (χ0n) is 20.4. The highest BCUT2D eigenvalue weighted by atomic mass is 16.7.